The van der Waals surface area contributed by atoms with Gasteiger partial charge in [-0.05, 0) is 25.0 Å². The molecule has 32 heavy (non-hydrogen) atoms. The van der Waals surface area contributed by atoms with Crippen molar-refractivity contribution in [1.82, 2.24) is 4.98 Å². The molecule has 0 aliphatic carbocycles. The van der Waals surface area contributed by atoms with E-state index >= 15 is 0 Å². The highest BCUT2D eigenvalue weighted by Gasteiger charge is 2.18. The molecule has 0 saturated carbocycles. The maximum Gasteiger partial charge on any atom is 0.115 e. The van der Waals surface area contributed by atoms with Gasteiger partial charge >= 0.3 is 0 Å². The monoisotopic (exact) mass is 464 g/mol. The predicted octanol–water partition coefficient (Wildman–Crippen LogP) is 5.60. The van der Waals surface area contributed by atoms with Crippen LogP contribution in [-0.4, -0.2) is 37.7 Å². The molecular weight excluding hydrogens is 436 g/mol. The number of hydrogen-bond donors (Lipinski definition) is 1. The topological polar surface area (TPSA) is 74.0 Å². The molecule has 0 aliphatic rings. The molecule has 0 fully saturated rings. The summed E-state index contributed by atoms with van der Waals surface area (Å²) in [6.45, 7) is 4.10. The number of benzene rings is 2. The molecule has 0 aliphatic heterocycles. The zero-order valence-electron chi connectivity index (χ0n) is 18.5. The summed E-state index contributed by atoms with van der Waals surface area (Å²) >= 11 is 1.35. The third kappa shape index (κ3) is 6.52. The molecule has 1 heterocycles. The quantitative estimate of drug-likeness (QED) is 0.396. The number of nitrogens with zero attached hydrogens (tertiary/aromatic N) is 2. The third-order valence-corrected chi connectivity index (χ3v) is 7.67. The number of aromatic nitrogens is 1. The lowest BCUT2D eigenvalue weighted by molar-refractivity contribution is 0.224. The van der Waals surface area contributed by atoms with Crippen LogP contribution in [-0.2, 0) is 10.8 Å². The highest BCUT2D eigenvalue weighted by molar-refractivity contribution is 7.99. The minimum atomic E-state index is -1.03. The SMILES string of the molecule is CCCC[S@@](=O)C[C@@H](O)CSc1nc(-c2ccc(C)cc2)cc(-c2ccccc2)c1C#N. The molecule has 1 N–H and O–H groups in total. The van der Waals surface area contributed by atoms with E-state index in [4.69, 9.17) is 4.98 Å². The molecule has 166 valence electrons. The van der Waals surface area contributed by atoms with Crippen LogP contribution in [0.5, 0.6) is 0 Å². The minimum absolute atomic E-state index is 0.248. The lowest BCUT2D eigenvalue weighted by atomic mass is 9.99. The Kier molecular flexibility index (Phi) is 9.04. The Morgan fingerprint density at radius 3 is 2.50 bits per heavy atom. The number of aryl methyl sites for hydroxylation is 1. The van der Waals surface area contributed by atoms with Crippen molar-refractivity contribution in [3.05, 3.63) is 71.8 Å². The fourth-order valence-electron chi connectivity index (χ4n) is 3.28. The molecule has 0 spiro atoms. The number of pyridine rings is 1. The van der Waals surface area contributed by atoms with Crippen LogP contribution in [0, 0.1) is 18.3 Å². The number of aliphatic hydroxyl groups excluding tert-OH is 1. The molecule has 6 heteroatoms. The predicted molar refractivity (Wildman–Crippen MR) is 134 cm³/mol. The van der Waals surface area contributed by atoms with Crippen LogP contribution in [0.4, 0.5) is 0 Å². The van der Waals surface area contributed by atoms with E-state index in [2.05, 4.69) is 13.0 Å². The molecule has 1 aromatic heterocycles. The number of rotatable bonds is 10. The second-order valence-electron chi connectivity index (χ2n) is 7.71. The van der Waals surface area contributed by atoms with Gasteiger partial charge < -0.3 is 5.11 Å². The van der Waals surface area contributed by atoms with E-state index < -0.39 is 16.9 Å². The van der Waals surface area contributed by atoms with Gasteiger partial charge in [0.25, 0.3) is 0 Å². The summed E-state index contributed by atoms with van der Waals surface area (Å²) in [6.07, 6.45) is 1.17. The second-order valence-corrected chi connectivity index (χ2v) is 10.3. The van der Waals surface area contributed by atoms with Gasteiger partial charge in [-0.25, -0.2) is 4.98 Å². The van der Waals surface area contributed by atoms with Crippen LogP contribution >= 0.6 is 11.8 Å². The van der Waals surface area contributed by atoms with Crippen LogP contribution in [0.25, 0.3) is 22.4 Å². The van der Waals surface area contributed by atoms with Crippen molar-refractivity contribution < 1.29 is 9.32 Å². The third-order valence-electron chi connectivity index (χ3n) is 5.05. The standard InChI is InChI=1S/C26H28N2O2S2/c1-3-4-14-32(30)18-22(29)17-31-26-24(16-27)23(20-8-6-5-7-9-20)15-25(28-26)21-12-10-19(2)11-13-21/h5-13,15,22,29H,3-4,14,17-18H2,1-2H3/t22-,32+/m0/s1. The van der Waals surface area contributed by atoms with Crippen molar-refractivity contribution in [3.8, 4) is 28.5 Å². The molecule has 3 aromatic rings. The van der Waals surface area contributed by atoms with Crippen molar-refractivity contribution in [3.63, 3.8) is 0 Å². The Morgan fingerprint density at radius 1 is 1.12 bits per heavy atom. The van der Waals surface area contributed by atoms with E-state index in [1.165, 1.54) is 17.3 Å². The summed E-state index contributed by atoms with van der Waals surface area (Å²) < 4.78 is 12.1. The Labute approximate surface area is 197 Å². The summed E-state index contributed by atoms with van der Waals surface area (Å²) in [7, 11) is -1.03. The number of nitriles is 1. The van der Waals surface area contributed by atoms with E-state index in [1.807, 2.05) is 67.6 Å². The minimum Gasteiger partial charge on any atom is -0.391 e. The van der Waals surface area contributed by atoms with Gasteiger partial charge in [0.15, 0.2) is 0 Å². The summed E-state index contributed by atoms with van der Waals surface area (Å²) in [5.74, 6) is 1.20. The zero-order valence-corrected chi connectivity index (χ0v) is 20.1. The lowest BCUT2D eigenvalue weighted by Crippen LogP contribution is -2.21. The Balaban J connectivity index is 1.93. The van der Waals surface area contributed by atoms with Crippen LogP contribution in [0.15, 0.2) is 65.7 Å². The lowest BCUT2D eigenvalue weighted by Gasteiger charge is -2.14. The van der Waals surface area contributed by atoms with Gasteiger partial charge in [0, 0.05) is 33.4 Å². The number of unbranched alkanes of at least 4 members (excludes halogenated alkanes) is 1. The van der Waals surface area contributed by atoms with Crippen LogP contribution in [0.2, 0.25) is 0 Å². The molecule has 0 amide bonds. The smallest absolute Gasteiger partial charge is 0.115 e. The first-order chi connectivity index (χ1) is 15.5. The second kappa shape index (κ2) is 12.0. The van der Waals surface area contributed by atoms with Crippen molar-refractivity contribution >= 4 is 22.6 Å². The molecule has 0 saturated heterocycles. The van der Waals surface area contributed by atoms with Gasteiger partial charge in [0.05, 0.1) is 23.1 Å². The number of thioether (sulfide) groups is 1. The van der Waals surface area contributed by atoms with Gasteiger partial charge in [-0.15, -0.1) is 11.8 Å². The molecule has 0 radical (unpaired) electrons. The maximum atomic E-state index is 12.1. The van der Waals surface area contributed by atoms with E-state index in [9.17, 15) is 14.6 Å². The van der Waals surface area contributed by atoms with Gasteiger partial charge in [-0.2, -0.15) is 5.26 Å². The highest BCUT2D eigenvalue weighted by Crippen LogP contribution is 2.34. The molecule has 0 bridgehead atoms. The maximum absolute atomic E-state index is 12.1. The number of hydrogen-bond acceptors (Lipinski definition) is 5. The van der Waals surface area contributed by atoms with E-state index in [0.29, 0.717) is 22.1 Å². The molecule has 4 nitrogen and oxygen atoms in total. The summed E-state index contributed by atoms with van der Waals surface area (Å²) in [6, 6.07) is 22.2. The van der Waals surface area contributed by atoms with Crippen molar-refractivity contribution in [2.24, 2.45) is 0 Å². The highest BCUT2D eigenvalue weighted by atomic mass is 32.2. The average molecular weight is 465 g/mol. The van der Waals surface area contributed by atoms with E-state index in [1.54, 1.807) is 0 Å². The van der Waals surface area contributed by atoms with Crippen molar-refractivity contribution in [1.29, 1.82) is 5.26 Å². The van der Waals surface area contributed by atoms with Crippen molar-refractivity contribution in [2.45, 2.75) is 37.8 Å². The largest absolute Gasteiger partial charge is 0.391 e. The first-order valence-corrected chi connectivity index (χ1v) is 13.2. The Bertz CT molecular complexity index is 1090. The Morgan fingerprint density at radius 2 is 1.84 bits per heavy atom. The van der Waals surface area contributed by atoms with E-state index in [-0.39, 0.29) is 5.75 Å². The zero-order chi connectivity index (χ0) is 22.9. The van der Waals surface area contributed by atoms with Gasteiger partial charge in [0.1, 0.15) is 11.1 Å². The average Bonchev–Trinajstić information content (AvgIpc) is 2.81. The Hall–Kier alpha value is -2.46. The first-order valence-electron chi connectivity index (χ1n) is 10.7. The first kappa shape index (κ1) is 24.2. The van der Waals surface area contributed by atoms with Crippen LogP contribution in [0.1, 0.15) is 30.9 Å². The van der Waals surface area contributed by atoms with Crippen LogP contribution < -0.4 is 0 Å². The molecule has 0 unspecified atom stereocenters. The van der Waals surface area contributed by atoms with Gasteiger partial charge in [-0.1, -0.05) is 73.5 Å². The summed E-state index contributed by atoms with van der Waals surface area (Å²) in [4.78, 5) is 4.78. The van der Waals surface area contributed by atoms with Gasteiger partial charge in [0.2, 0.25) is 0 Å². The normalized spacial score (nSPS) is 12.8. The summed E-state index contributed by atoms with van der Waals surface area (Å²) in [5.41, 5.74) is 5.19. The number of aliphatic hydroxyl groups is 1. The summed E-state index contributed by atoms with van der Waals surface area (Å²) in [5, 5.41) is 21.0. The van der Waals surface area contributed by atoms with Crippen LogP contribution in [0.3, 0.4) is 0 Å². The molecular formula is C26H28N2O2S2. The van der Waals surface area contributed by atoms with Gasteiger partial charge in [-0.3, -0.25) is 4.21 Å². The fraction of sp³-hybridized carbons (Fsp3) is 0.308. The molecule has 3 rings (SSSR count). The molecule has 2 atom stereocenters. The van der Waals surface area contributed by atoms with E-state index in [0.717, 1.165) is 35.2 Å². The molecule has 2 aromatic carbocycles. The fourth-order valence-corrected chi connectivity index (χ4v) is 5.68. The van der Waals surface area contributed by atoms with Crippen molar-refractivity contribution in [2.75, 3.05) is 17.3 Å².